The first-order chi connectivity index (χ1) is 12.8. The van der Waals surface area contributed by atoms with Crippen molar-refractivity contribution in [3.8, 4) is 11.3 Å². The van der Waals surface area contributed by atoms with Crippen LogP contribution in [0, 0.1) is 20.8 Å². The summed E-state index contributed by atoms with van der Waals surface area (Å²) >= 11 is 1.58. The van der Waals surface area contributed by atoms with E-state index in [4.69, 9.17) is 0 Å². The first kappa shape index (κ1) is 17.8. The predicted octanol–water partition coefficient (Wildman–Crippen LogP) is 4.79. The maximum absolute atomic E-state index is 12.8. The zero-order valence-electron chi connectivity index (χ0n) is 15.2. The minimum absolute atomic E-state index is 0.309. The summed E-state index contributed by atoms with van der Waals surface area (Å²) in [5, 5.41) is 1.98. The SMILES string of the molecule is Cc1cc(C)c(S(=O)(=O)Nc2ccc(-c3cn4ccsc4n3)cc2)cc1C. The van der Waals surface area contributed by atoms with Gasteiger partial charge in [0.15, 0.2) is 4.96 Å². The van der Waals surface area contributed by atoms with Crippen molar-refractivity contribution >= 4 is 32.0 Å². The van der Waals surface area contributed by atoms with E-state index in [1.165, 1.54) is 0 Å². The van der Waals surface area contributed by atoms with E-state index in [9.17, 15) is 8.42 Å². The monoisotopic (exact) mass is 397 g/mol. The van der Waals surface area contributed by atoms with E-state index in [1.807, 2.05) is 61.1 Å². The van der Waals surface area contributed by atoms with Crippen LogP contribution in [-0.4, -0.2) is 17.8 Å². The Hall–Kier alpha value is -2.64. The molecule has 7 heteroatoms. The summed E-state index contributed by atoms with van der Waals surface area (Å²) in [5.41, 5.74) is 5.10. The molecule has 0 saturated heterocycles. The Labute approximate surface area is 162 Å². The molecule has 5 nitrogen and oxygen atoms in total. The summed E-state index contributed by atoms with van der Waals surface area (Å²) in [4.78, 5) is 5.81. The largest absolute Gasteiger partial charge is 0.297 e. The third kappa shape index (κ3) is 3.36. The van der Waals surface area contributed by atoms with Crippen molar-refractivity contribution in [3.05, 3.63) is 70.9 Å². The van der Waals surface area contributed by atoms with Crippen molar-refractivity contribution in [2.24, 2.45) is 0 Å². The van der Waals surface area contributed by atoms with Crippen molar-refractivity contribution in [2.75, 3.05) is 4.72 Å². The number of fused-ring (bicyclic) bond motifs is 1. The van der Waals surface area contributed by atoms with E-state index in [0.29, 0.717) is 10.6 Å². The molecule has 0 aliphatic rings. The van der Waals surface area contributed by atoms with Crippen LogP contribution in [0.1, 0.15) is 16.7 Å². The molecule has 0 saturated carbocycles. The molecule has 0 aliphatic heterocycles. The molecule has 2 aromatic carbocycles. The number of nitrogens with one attached hydrogen (secondary N) is 1. The zero-order chi connectivity index (χ0) is 19.2. The number of benzene rings is 2. The molecule has 0 unspecified atom stereocenters. The van der Waals surface area contributed by atoms with Gasteiger partial charge < -0.3 is 0 Å². The number of anilines is 1. The standard InChI is InChI=1S/C20H19N3O2S2/c1-13-10-15(3)19(11-14(13)2)27(24,25)22-17-6-4-16(5-7-17)18-12-23-8-9-26-20(23)21-18/h4-12,22H,1-3H3. The van der Waals surface area contributed by atoms with Gasteiger partial charge in [0, 0.05) is 29.0 Å². The van der Waals surface area contributed by atoms with Crippen LogP contribution in [0.3, 0.4) is 0 Å². The molecule has 138 valence electrons. The summed E-state index contributed by atoms with van der Waals surface area (Å²) in [5.74, 6) is 0. The van der Waals surface area contributed by atoms with Crippen LogP contribution in [0.4, 0.5) is 5.69 Å². The van der Waals surface area contributed by atoms with Gasteiger partial charge in [0.1, 0.15) is 0 Å². The second kappa shape index (κ2) is 6.51. The highest BCUT2D eigenvalue weighted by Crippen LogP contribution is 2.26. The molecule has 27 heavy (non-hydrogen) atoms. The molecule has 1 N–H and O–H groups in total. The summed E-state index contributed by atoms with van der Waals surface area (Å²) in [7, 11) is -3.64. The highest BCUT2D eigenvalue weighted by atomic mass is 32.2. The third-order valence-electron chi connectivity index (χ3n) is 4.61. The van der Waals surface area contributed by atoms with Crippen molar-refractivity contribution in [2.45, 2.75) is 25.7 Å². The first-order valence-electron chi connectivity index (χ1n) is 8.47. The molecule has 4 aromatic rings. The van der Waals surface area contributed by atoms with Gasteiger partial charge in [-0.2, -0.15) is 0 Å². The molecule has 2 heterocycles. The number of sulfonamides is 1. The second-order valence-electron chi connectivity index (χ2n) is 6.60. The Morgan fingerprint density at radius 1 is 1.00 bits per heavy atom. The lowest BCUT2D eigenvalue weighted by molar-refractivity contribution is 0.600. The molecule has 0 amide bonds. The quantitative estimate of drug-likeness (QED) is 0.538. The van der Waals surface area contributed by atoms with E-state index >= 15 is 0 Å². The summed E-state index contributed by atoms with van der Waals surface area (Å²) in [6, 6.07) is 10.9. The van der Waals surface area contributed by atoms with Gasteiger partial charge >= 0.3 is 0 Å². The van der Waals surface area contributed by atoms with Gasteiger partial charge in [-0.1, -0.05) is 18.2 Å². The molecule has 2 aromatic heterocycles. The summed E-state index contributed by atoms with van der Waals surface area (Å²) in [6.45, 7) is 5.71. The Morgan fingerprint density at radius 3 is 2.41 bits per heavy atom. The Morgan fingerprint density at radius 2 is 1.70 bits per heavy atom. The lowest BCUT2D eigenvalue weighted by atomic mass is 10.1. The minimum atomic E-state index is -3.64. The molecular formula is C20H19N3O2S2. The molecule has 0 spiro atoms. The van der Waals surface area contributed by atoms with Gasteiger partial charge in [-0.15, -0.1) is 11.3 Å². The lowest BCUT2D eigenvalue weighted by Gasteiger charge is -2.13. The minimum Gasteiger partial charge on any atom is -0.297 e. The van der Waals surface area contributed by atoms with Crippen LogP contribution in [0.15, 0.2) is 59.1 Å². The van der Waals surface area contributed by atoms with Crippen LogP contribution < -0.4 is 4.72 Å². The molecular weight excluding hydrogens is 378 g/mol. The summed E-state index contributed by atoms with van der Waals surface area (Å²) < 4.78 is 30.2. The van der Waals surface area contributed by atoms with Crippen molar-refractivity contribution in [1.29, 1.82) is 0 Å². The zero-order valence-corrected chi connectivity index (χ0v) is 16.9. The third-order valence-corrected chi connectivity index (χ3v) is 6.90. The first-order valence-corrected chi connectivity index (χ1v) is 10.8. The van der Waals surface area contributed by atoms with E-state index in [0.717, 1.165) is 32.9 Å². The molecule has 0 fully saturated rings. The average Bonchev–Trinajstić information content (AvgIpc) is 3.20. The van der Waals surface area contributed by atoms with Crippen molar-refractivity contribution < 1.29 is 8.42 Å². The molecule has 4 rings (SSSR count). The van der Waals surface area contributed by atoms with Crippen LogP contribution in [0.2, 0.25) is 0 Å². The van der Waals surface area contributed by atoms with Crippen molar-refractivity contribution in [1.82, 2.24) is 9.38 Å². The Bertz CT molecular complexity index is 1210. The predicted molar refractivity (Wildman–Crippen MR) is 110 cm³/mol. The maximum atomic E-state index is 12.8. The van der Waals surface area contributed by atoms with Crippen LogP contribution in [0.25, 0.3) is 16.2 Å². The fraction of sp³-hybridized carbons (Fsp3) is 0.150. The lowest BCUT2D eigenvalue weighted by Crippen LogP contribution is -2.14. The number of rotatable bonds is 4. The average molecular weight is 398 g/mol. The maximum Gasteiger partial charge on any atom is 0.262 e. The topological polar surface area (TPSA) is 63.5 Å². The number of aryl methyl sites for hydroxylation is 3. The summed E-state index contributed by atoms with van der Waals surface area (Å²) in [6.07, 6.45) is 3.92. The number of hydrogen-bond acceptors (Lipinski definition) is 4. The number of thiazole rings is 1. The number of imidazole rings is 1. The van der Waals surface area contributed by atoms with Gasteiger partial charge in [-0.05, 0) is 55.7 Å². The van der Waals surface area contributed by atoms with Crippen molar-refractivity contribution in [3.63, 3.8) is 0 Å². The molecule has 0 atom stereocenters. The van der Waals surface area contributed by atoms with Gasteiger partial charge in [0.25, 0.3) is 10.0 Å². The number of nitrogens with zero attached hydrogens (tertiary/aromatic N) is 2. The van der Waals surface area contributed by atoms with Gasteiger partial charge in [0.05, 0.1) is 10.6 Å². The van der Waals surface area contributed by atoms with Crippen LogP contribution >= 0.6 is 11.3 Å². The van der Waals surface area contributed by atoms with E-state index in [2.05, 4.69) is 9.71 Å². The molecule has 0 aliphatic carbocycles. The normalized spacial score (nSPS) is 11.8. The van der Waals surface area contributed by atoms with Gasteiger partial charge in [-0.3, -0.25) is 9.12 Å². The second-order valence-corrected chi connectivity index (χ2v) is 9.13. The van der Waals surface area contributed by atoms with Gasteiger partial charge in [0.2, 0.25) is 0 Å². The number of hydrogen-bond donors (Lipinski definition) is 1. The highest BCUT2D eigenvalue weighted by Gasteiger charge is 2.18. The smallest absolute Gasteiger partial charge is 0.262 e. The van der Waals surface area contributed by atoms with Gasteiger partial charge in [-0.25, -0.2) is 13.4 Å². The highest BCUT2D eigenvalue weighted by molar-refractivity contribution is 7.92. The Balaban J connectivity index is 1.61. The molecule has 0 radical (unpaired) electrons. The van der Waals surface area contributed by atoms with E-state index in [-0.39, 0.29) is 0 Å². The van der Waals surface area contributed by atoms with Crippen LogP contribution in [-0.2, 0) is 10.0 Å². The fourth-order valence-electron chi connectivity index (χ4n) is 3.01. The fourth-order valence-corrected chi connectivity index (χ4v) is 5.08. The Kier molecular flexibility index (Phi) is 4.28. The van der Waals surface area contributed by atoms with E-state index in [1.54, 1.807) is 29.5 Å². The van der Waals surface area contributed by atoms with Crippen LogP contribution in [0.5, 0.6) is 0 Å². The molecule has 0 bridgehead atoms. The number of aromatic nitrogens is 2. The van der Waals surface area contributed by atoms with E-state index < -0.39 is 10.0 Å².